The third kappa shape index (κ3) is 6.79. The Kier molecular flexibility index (Phi) is 10.3. The van der Waals surface area contributed by atoms with Crippen LogP contribution in [-0.4, -0.2) is 60.1 Å². The Hall–Kier alpha value is -1.66. The van der Waals surface area contributed by atoms with E-state index in [1.807, 2.05) is 17.0 Å². The van der Waals surface area contributed by atoms with Crippen LogP contribution in [0.4, 0.5) is 4.39 Å². The number of unbranched alkanes of at least 4 members (excludes halogenated alkanes) is 1. The fraction of sp³-hybridized carbons (Fsp3) is 0.800. The molecular weight excluding hydrogens is 517 g/mol. The summed E-state index contributed by atoms with van der Waals surface area (Å²) in [7, 11) is 1.69. The molecule has 3 fully saturated rings. The van der Waals surface area contributed by atoms with Crippen molar-refractivity contribution in [3.8, 4) is 5.75 Å². The number of methoxy groups -OCH3 is 1. The minimum atomic E-state index is -0.976. The highest BCUT2D eigenvalue weighted by molar-refractivity contribution is 5.76. The lowest BCUT2D eigenvalue weighted by Gasteiger charge is -2.54. The van der Waals surface area contributed by atoms with Crippen molar-refractivity contribution in [1.29, 1.82) is 0 Å². The third-order valence-electron chi connectivity index (χ3n) is 11.7. The monoisotopic (exact) mass is 571 g/mol. The van der Waals surface area contributed by atoms with Crippen molar-refractivity contribution in [1.82, 2.24) is 4.90 Å². The summed E-state index contributed by atoms with van der Waals surface area (Å²) in [5.74, 6) is 2.02. The maximum atomic E-state index is 16.0. The van der Waals surface area contributed by atoms with Gasteiger partial charge in [0.1, 0.15) is 11.9 Å². The number of carbonyl (C=O) groups excluding carboxylic acids is 1. The standard InChI is InChI=1S/C35H54FNO4/c1-35-23-30(36)34-28-15-14-27(38)22-26(28)21-25(33(34)29(35)16-17-31(35)39)12-6-7-18-37(19-20-41-2)32(40)13-8-11-24-9-4-3-5-10-24/h14-15,22,24-25,29-31,33-34,38-39H,3-13,16-21,23H2,1-2H3/t25-,29+,30+,31+,33+,34+,35+/m1/s1. The van der Waals surface area contributed by atoms with Crippen LogP contribution in [0.15, 0.2) is 18.2 Å². The molecule has 1 aromatic carbocycles. The average molecular weight is 572 g/mol. The second kappa shape index (κ2) is 13.8. The van der Waals surface area contributed by atoms with Crippen molar-refractivity contribution < 1.29 is 24.1 Å². The number of alkyl halides is 1. The molecule has 41 heavy (non-hydrogen) atoms. The highest BCUT2D eigenvalue weighted by Gasteiger charge is 2.59. The number of ether oxygens (including phenoxy) is 1. The number of amides is 1. The van der Waals surface area contributed by atoms with E-state index in [0.29, 0.717) is 37.8 Å². The van der Waals surface area contributed by atoms with Crippen molar-refractivity contribution >= 4 is 5.91 Å². The first-order valence-electron chi connectivity index (χ1n) is 16.7. The Bertz CT molecular complexity index is 1010. The van der Waals surface area contributed by atoms with Gasteiger partial charge >= 0.3 is 0 Å². The molecule has 1 amide bonds. The fourth-order valence-electron chi connectivity index (χ4n) is 9.48. The number of fused-ring (bicyclic) bond motifs is 5. The molecule has 0 spiro atoms. The molecule has 7 atom stereocenters. The number of aromatic hydroxyl groups is 1. The molecule has 2 N–H and O–H groups in total. The first-order chi connectivity index (χ1) is 19.8. The molecule has 0 saturated heterocycles. The van der Waals surface area contributed by atoms with Crippen LogP contribution in [0.1, 0.15) is 114 Å². The van der Waals surface area contributed by atoms with Gasteiger partial charge in [0.2, 0.25) is 5.91 Å². The van der Waals surface area contributed by atoms with Crippen LogP contribution < -0.4 is 0 Å². The van der Waals surface area contributed by atoms with Gasteiger partial charge in [0.15, 0.2) is 0 Å². The zero-order chi connectivity index (χ0) is 29.0. The summed E-state index contributed by atoms with van der Waals surface area (Å²) in [6.07, 6.45) is 14.0. The number of hydrogen-bond donors (Lipinski definition) is 2. The summed E-state index contributed by atoms with van der Waals surface area (Å²) in [6.45, 7) is 4.06. The lowest BCUT2D eigenvalue weighted by molar-refractivity contribution is -0.132. The lowest BCUT2D eigenvalue weighted by Crippen LogP contribution is -2.51. The van der Waals surface area contributed by atoms with Gasteiger partial charge in [0.05, 0.1) is 12.7 Å². The molecule has 0 heterocycles. The molecule has 0 unspecified atom stereocenters. The Morgan fingerprint density at radius 1 is 1.07 bits per heavy atom. The highest BCUT2D eigenvalue weighted by atomic mass is 19.1. The molecule has 6 heteroatoms. The predicted octanol–water partition coefficient (Wildman–Crippen LogP) is 7.18. The van der Waals surface area contributed by atoms with Crippen LogP contribution in [-0.2, 0) is 16.0 Å². The van der Waals surface area contributed by atoms with Crippen LogP contribution in [0, 0.1) is 29.1 Å². The second-order valence-corrected chi connectivity index (χ2v) is 14.1. The average Bonchev–Trinajstić information content (AvgIpc) is 3.25. The van der Waals surface area contributed by atoms with E-state index >= 15 is 4.39 Å². The van der Waals surface area contributed by atoms with Crippen molar-refractivity contribution in [3.05, 3.63) is 29.3 Å². The van der Waals surface area contributed by atoms with Crippen LogP contribution in [0.2, 0.25) is 0 Å². The number of benzene rings is 1. The van der Waals surface area contributed by atoms with Gasteiger partial charge in [-0.3, -0.25) is 4.79 Å². The number of aliphatic hydroxyl groups excluding tert-OH is 1. The van der Waals surface area contributed by atoms with Gasteiger partial charge in [-0.25, -0.2) is 4.39 Å². The molecule has 5 rings (SSSR count). The van der Waals surface area contributed by atoms with Crippen molar-refractivity contribution in [2.24, 2.45) is 29.1 Å². The molecule has 4 aliphatic rings. The van der Waals surface area contributed by atoms with E-state index in [2.05, 4.69) is 6.92 Å². The molecule has 0 bridgehead atoms. The summed E-state index contributed by atoms with van der Waals surface area (Å²) < 4.78 is 21.3. The van der Waals surface area contributed by atoms with Crippen molar-refractivity contribution in [3.63, 3.8) is 0 Å². The Morgan fingerprint density at radius 2 is 1.88 bits per heavy atom. The molecule has 5 nitrogen and oxygen atoms in total. The first-order valence-corrected chi connectivity index (χ1v) is 16.7. The first kappa shape index (κ1) is 30.8. The van der Waals surface area contributed by atoms with E-state index in [4.69, 9.17) is 4.74 Å². The summed E-state index contributed by atoms with van der Waals surface area (Å²) in [5.41, 5.74) is 1.81. The van der Waals surface area contributed by atoms with Gasteiger partial charge in [-0.2, -0.15) is 0 Å². The maximum absolute atomic E-state index is 16.0. The Morgan fingerprint density at radius 3 is 2.66 bits per heavy atom. The van der Waals surface area contributed by atoms with E-state index in [0.717, 1.165) is 68.5 Å². The van der Waals surface area contributed by atoms with Gasteiger partial charge in [0.25, 0.3) is 0 Å². The van der Waals surface area contributed by atoms with Crippen molar-refractivity contribution in [2.75, 3.05) is 26.8 Å². The smallest absolute Gasteiger partial charge is 0.222 e. The number of aliphatic hydroxyl groups is 1. The summed E-state index contributed by atoms with van der Waals surface area (Å²) in [6, 6.07) is 5.51. The van der Waals surface area contributed by atoms with E-state index in [1.165, 1.54) is 38.5 Å². The molecule has 0 aliphatic heterocycles. The molecule has 230 valence electrons. The number of phenols is 1. The largest absolute Gasteiger partial charge is 0.508 e. The van der Waals surface area contributed by atoms with Gasteiger partial charge in [-0.05, 0) is 104 Å². The highest BCUT2D eigenvalue weighted by Crippen LogP contribution is 2.63. The molecule has 0 aromatic heterocycles. The number of carbonyl (C=O) groups is 1. The maximum Gasteiger partial charge on any atom is 0.222 e. The van der Waals surface area contributed by atoms with Crippen LogP contribution >= 0.6 is 0 Å². The van der Waals surface area contributed by atoms with E-state index in [1.54, 1.807) is 13.2 Å². The fourth-order valence-corrected chi connectivity index (χ4v) is 9.48. The minimum absolute atomic E-state index is 0.156. The third-order valence-corrected chi connectivity index (χ3v) is 11.7. The Labute approximate surface area is 247 Å². The van der Waals surface area contributed by atoms with Gasteiger partial charge in [-0.15, -0.1) is 0 Å². The number of halogens is 1. The van der Waals surface area contributed by atoms with E-state index < -0.39 is 12.3 Å². The van der Waals surface area contributed by atoms with Gasteiger partial charge in [-0.1, -0.05) is 51.5 Å². The number of phenolic OH excluding ortho intramolecular Hbond substituents is 1. The van der Waals surface area contributed by atoms with Crippen LogP contribution in [0.3, 0.4) is 0 Å². The normalized spacial score (nSPS) is 33.2. The van der Waals surface area contributed by atoms with E-state index in [9.17, 15) is 15.0 Å². The van der Waals surface area contributed by atoms with Gasteiger partial charge < -0.3 is 19.8 Å². The number of hydrogen-bond acceptors (Lipinski definition) is 4. The zero-order valence-electron chi connectivity index (χ0n) is 25.5. The summed E-state index contributed by atoms with van der Waals surface area (Å²) in [5, 5.41) is 21.1. The van der Waals surface area contributed by atoms with Crippen molar-refractivity contribution in [2.45, 2.75) is 121 Å². The zero-order valence-corrected chi connectivity index (χ0v) is 25.5. The molecule has 3 saturated carbocycles. The molecule has 4 aliphatic carbocycles. The summed E-state index contributed by atoms with van der Waals surface area (Å²) in [4.78, 5) is 15.2. The van der Waals surface area contributed by atoms with E-state index in [-0.39, 0.29) is 28.9 Å². The predicted molar refractivity (Wildman–Crippen MR) is 161 cm³/mol. The number of rotatable bonds is 12. The summed E-state index contributed by atoms with van der Waals surface area (Å²) >= 11 is 0. The minimum Gasteiger partial charge on any atom is -0.508 e. The SMILES string of the molecule is COCCN(CCCC[C@@H]1Cc2cc(O)ccc2[C@@H]2[C@@H]1[C@@H]1CC[C@H](O)[C@@]1(C)C[C@@H]2F)C(=O)CCCC1CCCCC1. The number of nitrogens with zero attached hydrogens (tertiary/aromatic N) is 1. The van der Waals surface area contributed by atoms with Crippen LogP contribution in [0.25, 0.3) is 0 Å². The Balaban J connectivity index is 1.20. The van der Waals surface area contributed by atoms with Gasteiger partial charge in [0, 0.05) is 32.5 Å². The molecule has 0 radical (unpaired) electrons. The second-order valence-electron chi connectivity index (χ2n) is 14.1. The molecule has 1 aromatic rings. The molecular formula is C35H54FNO4. The topological polar surface area (TPSA) is 70.0 Å². The quantitative estimate of drug-likeness (QED) is 0.261. The van der Waals surface area contributed by atoms with Crippen LogP contribution in [0.5, 0.6) is 5.75 Å². The lowest BCUT2D eigenvalue weighted by atomic mass is 9.51.